The SMILES string of the molecule is NC(=O)C1CCN(C(=O)c2ccc(Cl)c(S(=O)(=O)N3CCc4ccccc43)c2)CC1. The van der Waals surface area contributed by atoms with E-state index in [2.05, 4.69) is 0 Å². The second kappa shape index (κ2) is 7.92. The fraction of sp³-hybridized carbons (Fsp3) is 0.333. The number of nitrogens with zero attached hydrogens (tertiary/aromatic N) is 2. The first kappa shape index (κ1) is 20.7. The zero-order valence-corrected chi connectivity index (χ0v) is 17.8. The molecule has 0 bridgehead atoms. The lowest BCUT2D eigenvalue weighted by atomic mass is 9.96. The average molecular weight is 448 g/mol. The predicted molar refractivity (Wildman–Crippen MR) is 114 cm³/mol. The minimum Gasteiger partial charge on any atom is -0.369 e. The number of hydrogen-bond donors (Lipinski definition) is 1. The topological polar surface area (TPSA) is 101 Å². The lowest BCUT2D eigenvalue weighted by Crippen LogP contribution is -2.41. The van der Waals surface area contributed by atoms with Crippen LogP contribution in [0.5, 0.6) is 0 Å². The Morgan fingerprint density at radius 3 is 2.43 bits per heavy atom. The number of primary amides is 1. The van der Waals surface area contributed by atoms with Gasteiger partial charge in [0.1, 0.15) is 4.90 Å². The highest BCUT2D eigenvalue weighted by Crippen LogP contribution is 2.35. The van der Waals surface area contributed by atoms with E-state index in [0.717, 1.165) is 5.56 Å². The number of hydrogen-bond acceptors (Lipinski definition) is 4. The molecule has 0 saturated carbocycles. The number of carbonyl (C=O) groups is 2. The molecule has 9 heteroatoms. The highest BCUT2D eigenvalue weighted by Gasteiger charge is 2.33. The van der Waals surface area contributed by atoms with Gasteiger partial charge in [0.2, 0.25) is 5.91 Å². The molecular formula is C21H22ClN3O4S. The van der Waals surface area contributed by atoms with Crippen molar-refractivity contribution in [3.05, 3.63) is 58.6 Å². The molecule has 2 aliphatic heterocycles. The Labute approximate surface area is 180 Å². The summed E-state index contributed by atoms with van der Waals surface area (Å²) < 4.78 is 28.0. The summed E-state index contributed by atoms with van der Waals surface area (Å²) in [5.74, 6) is -0.869. The number of piperidine rings is 1. The van der Waals surface area contributed by atoms with Crippen LogP contribution in [-0.2, 0) is 21.2 Å². The predicted octanol–water partition coefficient (Wildman–Crippen LogP) is 2.43. The Morgan fingerprint density at radius 1 is 1.03 bits per heavy atom. The maximum atomic E-state index is 13.4. The number of nitrogens with two attached hydrogens (primary N) is 1. The molecular weight excluding hydrogens is 426 g/mol. The van der Waals surface area contributed by atoms with Crippen LogP contribution in [0.4, 0.5) is 5.69 Å². The van der Waals surface area contributed by atoms with Crippen molar-refractivity contribution in [3.8, 4) is 0 Å². The van der Waals surface area contributed by atoms with Crippen LogP contribution in [0.2, 0.25) is 5.02 Å². The molecule has 0 radical (unpaired) electrons. The van der Waals surface area contributed by atoms with E-state index in [1.165, 1.54) is 22.5 Å². The second-order valence-corrected chi connectivity index (χ2v) is 9.81. The number of amides is 2. The third-order valence-corrected chi connectivity index (χ3v) is 8.07. The van der Waals surface area contributed by atoms with Gasteiger partial charge in [0.05, 0.1) is 10.7 Å². The molecule has 1 saturated heterocycles. The van der Waals surface area contributed by atoms with Crippen LogP contribution in [0.1, 0.15) is 28.8 Å². The first-order valence-electron chi connectivity index (χ1n) is 9.78. The summed E-state index contributed by atoms with van der Waals surface area (Å²) in [6, 6.07) is 11.7. The van der Waals surface area contributed by atoms with Gasteiger partial charge in [-0.05, 0) is 49.1 Å². The van der Waals surface area contributed by atoms with Crippen LogP contribution in [0.3, 0.4) is 0 Å². The fourth-order valence-electron chi connectivity index (χ4n) is 4.06. The number of carbonyl (C=O) groups excluding carboxylic acids is 2. The van der Waals surface area contributed by atoms with Crippen molar-refractivity contribution in [2.45, 2.75) is 24.2 Å². The van der Waals surface area contributed by atoms with Crippen molar-refractivity contribution in [2.24, 2.45) is 11.7 Å². The summed E-state index contributed by atoms with van der Waals surface area (Å²) in [6.07, 6.45) is 1.63. The van der Waals surface area contributed by atoms with Crippen molar-refractivity contribution in [1.82, 2.24) is 4.90 Å². The summed E-state index contributed by atoms with van der Waals surface area (Å²) in [7, 11) is -3.92. The van der Waals surface area contributed by atoms with Crippen LogP contribution in [0, 0.1) is 5.92 Å². The van der Waals surface area contributed by atoms with Crippen LogP contribution >= 0.6 is 11.6 Å². The zero-order chi connectivity index (χ0) is 21.5. The molecule has 0 aromatic heterocycles. The number of anilines is 1. The largest absolute Gasteiger partial charge is 0.369 e. The lowest BCUT2D eigenvalue weighted by molar-refractivity contribution is -0.123. The second-order valence-electron chi connectivity index (χ2n) is 7.57. The van der Waals surface area contributed by atoms with Gasteiger partial charge in [-0.3, -0.25) is 13.9 Å². The molecule has 1 fully saturated rings. The van der Waals surface area contributed by atoms with Gasteiger partial charge >= 0.3 is 0 Å². The number of rotatable bonds is 4. The number of halogens is 1. The number of fused-ring (bicyclic) bond motifs is 1. The molecule has 2 N–H and O–H groups in total. The van der Waals surface area contributed by atoms with E-state index in [4.69, 9.17) is 17.3 Å². The number of sulfonamides is 1. The molecule has 0 spiro atoms. The van der Waals surface area contributed by atoms with E-state index in [1.54, 1.807) is 17.0 Å². The van der Waals surface area contributed by atoms with Gasteiger partial charge in [-0.2, -0.15) is 0 Å². The maximum Gasteiger partial charge on any atom is 0.265 e. The number of likely N-dealkylation sites (tertiary alicyclic amines) is 1. The van der Waals surface area contributed by atoms with Crippen molar-refractivity contribution >= 4 is 39.1 Å². The third-order valence-electron chi connectivity index (χ3n) is 5.78. The molecule has 0 atom stereocenters. The summed E-state index contributed by atoms with van der Waals surface area (Å²) >= 11 is 6.25. The summed E-state index contributed by atoms with van der Waals surface area (Å²) in [4.78, 5) is 25.8. The Morgan fingerprint density at radius 2 is 1.73 bits per heavy atom. The first-order chi connectivity index (χ1) is 14.3. The first-order valence-corrected chi connectivity index (χ1v) is 11.6. The maximum absolute atomic E-state index is 13.4. The van der Waals surface area contributed by atoms with Crippen molar-refractivity contribution in [3.63, 3.8) is 0 Å². The van der Waals surface area contributed by atoms with E-state index in [1.807, 2.05) is 12.1 Å². The normalized spacial score (nSPS) is 17.1. The highest BCUT2D eigenvalue weighted by atomic mass is 35.5. The molecule has 4 rings (SSSR count). The molecule has 2 heterocycles. The molecule has 30 heavy (non-hydrogen) atoms. The van der Waals surface area contributed by atoms with E-state index < -0.39 is 10.0 Å². The van der Waals surface area contributed by atoms with Crippen molar-refractivity contribution in [1.29, 1.82) is 0 Å². The monoisotopic (exact) mass is 447 g/mol. The molecule has 0 aliphatic carbocycles. The van der Waals surface area contributed by atoms with Gasteiger partial charge in [0, 0.05) is 31.1 Å². The van der Waals surface area contributed by atoms with Crippen molar-refractivity contribution < 1.29 is 18.0 Å². The Bertz CT molecular complexity index is 1110. The van der Waals surface area contributed by atoms with Crippen LogP contribution < -0.4 is 10.0 Å². The van der Waals surface area contributed by atoms with Gasteiger partial charge in [0.15, 0.2) is 0 Å². The van der Waals surface area contributed by atoms with Gasteiger partial charge in [-0.25, -0.2) is 8.42 Å². The zero-order valence-electron chi connectivity index (χ0n) is 16.3. The molecule has 2 aromatic carbocycles. The Balaban J connectivity index is 1.61. The molecule has 7 nitrogen and oxygen atoms in total. The van der Waals surface area contributed by atoms with E-state index >= 15 is 0 Å². The van der Waals surface area contributed by atoms with Crippen LogP contribution in [-0.4, -0.2) is 44.8 Å². The Kier molecular flexibility index (Phi) is 5.46. The summed E-state index contributed by atoms with van der Waals surface area (Å²) in [5, 5.41) is 0.0726. The van der Waals surface area contributed by atoms with E-state index in [0.29, 0.717) is 44.6 Å². The lowest BCUT2D eigenvalue weighted by Gasteiger charge is -2.30. The summed E-state index contributed by atoms with van der Waals surface area (Å²) in [6.45, 7) is 1.13. The van der Waals surface area contributed by atoms with Crippen LogP contribution in [0.25, 0.3) is 0 Å². The standard InChI is InChI=1S/C21H22ClN3O4S/c22-17-6-5-16(21(27)24-10-7-15(8-11-24)20(23)26)13-19(17)30(28,29)25-12-9-14-3-1-2-4-18(14)25/h1-6,13,15H,7-12H2,(H2,23,26). The van der Waals surface area contributed by atoms with E-state index in [9.17, 15) is 18.0 Å². The molecule has 0 unspecified atom stereocenters. The molecule has 158 valence electrons. The smallest absolute Gasteiger partial charge is 0.265 e. The third kappa shape index (κ3) is 3.65. The van der Waals surface area contributed by atoms with Gasteiger partial charge in [-0.15, -0.1) is 0 Å². The van der Waals surface area contributed by atoms with E-state index in [-0.39, 0.29) is 33.2 Å². The van der Waals surface area contributed by atoms with Gasteiger partial charge in [0.25, 0.3) is 15.9 Å². The molecule has 2 amide bonds. The quantitative estimate of drug-likeness (QED) is 0.777. The van der Waals surface area contributed by atoms with Gasteiger partial charge < -0.3 is 10.6 Å². The van der Waals surface area contributed by atoms with Gasteiger partial charge in [-0.1, -0.05) is 29.8 Å². The Hall–Kier alpha value is -2.58. The molecule has 2 aromatic rings. The number of para-hydroxylation sites is 1. The minimum absolute atomic E-state index is 0.0726. The highest BCUT2D eigenvalue weighted by molar-refractivity contribution is 7.93. The minimum atomic E-state index is -3.92. The molecule has 2 aliphatic rings. The summed E-state index contributed by atoms with van der Waals surface area (Å²) in [5.41, 5.74) is 7.20. The number of benzene rings is 2. The average Bonchev–Trinajstić information content (AvgIpc) is 3.18. The van der Waals surface area contributed by atoms with Crippen LogP contribution in [0.15, 0.2) is 47.4 Å². The fourth-order valence-corrected chi connectivity index (χ4v) is 6.07. The van der Waals surface area contributed by atoms with Crippen molar-refractivity contribution in [2.75, 3.05) is 23.9 Å².